The Bertz CT molecular complexity index is 574. The Balaban J connectivity index is 1.65. The second-order valence-electron chi connectivity index (χ2n) is 5.53. The number of anilines is 1. The van der Waals surface area contributed by atoms with E-state index in [9.17, 15) is 0 Å². The highest BCUT2D eigenvalue weighted by Crippen LogP contribution is 2.22. The monoisotopic (exact) mass is 274 g/mol. The molecule has 1 N–H and O–H groups in total. The number of aryl methyl sites for hydroxylation is 1. The third-order valence-electron chi connectivity index (χ3n) is 3.90. The quantitative estimate of drug-likeness (QED) is 0.910. The van der Waals surface area contributed by atoms with E-state index in [0.717, 1.165) is 48.7 Å². The maximum Gasteiger partial charge on any atom is 0.156 e. The molecule has 0 aliphatic carbocycles. The maximum atomic E-state index is 5.67. The third-order valence-corrected chi connectivity index (χ3v) is 3.90. The van der Waals surface area contributed by atoms with E-state index in [1.165, 1.54) is 12.8 Å². The van der Waals surface area contributed by atoms with E-state index < -0.39 is 0 Å². The van der Waals surface area contributed by atoms with E-state index in [2.05, 4.69) is 26.9 Å². The molecule has 0 saturated carbocycles. The second-order valence-corrected chi connectivity index (χ2v) is 5.53. The zero-order valence-corrected chi connectivity index (χ0v) is 12.2. The molecule has 1 fully saturated rings. The zero-order chi connectivity index (χ0) is 13.9. The molecule has 0 aromatic carbocycles. The molecule has 0 spiro atoms. The van der Waals surface area contributed by atoms with Gasteiger partial charge in [-0.25, -0.2) is 9.97 Å². The molecule has 3 heterocycles. The summed E-state index contributed by atoms with van der Waals surface area (Å²) in [7, 11) is 2.09. The number of rotatable bonds is 5. The van der Waals surface area contributed by atoms with E-state index in [-0.39, 0.29) is 0 Å². The second kappa shape index (κ2) is 5.79. The minimum Gasteiger partial charge on any atom is -0.378 e. The molecule has 20 heavy (non-hydrogen) atoms. The lowest BCUT2D eigenvalue weighted by Gasteiger charge is -2.20. The van der Waals surface area contributed by atoms with Gasteiger partial charge in [-0.2, -0.15) is 0 Å². The lowest BCUT2D eigenvalue weighted by molar-refractivity contribution is 0.103. The van der Waals surface area contributed by atoms with Crippen molar-refractivity contribution >= 4 is 16.9 Å². The van der Waals surface area contributed by atoms with Crippen molar-refractivity contribution < 1.29 is 4.74 Å². The molecule has 2 aromatic heterocycles. The van der Waals surface area contributed by atoms with Gasteiger partial charge in [-0.1, -0.05) is 0 Å². The van der Waals surface area contributed by atoms with E-state index in [4.69, 9.17) is 4.74 Å². The van der Waals surface area contributed by atoms with Gasteiger partial charge >= 0.3 is 0 Å². The summed E-state index contributed by atoms with van der Waals surface area (Å²) in [5.41, 5.74) is 2.01. The van der Waals surface area contributed by atoms with Crippen LogP contribution in [-0.4, -0.2) is 41.3 Å². The fourth-order valence-electron chi connectivity index (χ4n) is 2.85. The van der Waals surface area contributed by atoms with Gasteiger partial charge in [-0.05, 0) is 38.7 Å². The van der Waals surface area contributed by atoms with E-state index in [1.807, 2.05) is 19.2 Å². The lowest BCUT2D eigenvalue weighted by Crippen LogP contribution is -2.22. The molecular weight excluding hydrogens is 252 g/mol. The summed E-state index contributed by atoms with van der Waals surface area (Å²) >= 11 is 0. The molecule has 1 unspecified atom stereocenters. The maximum absolute atomic E-state index is 5.67. The van der Waals surface area contributed by atoms with Gasteiger partial charge in [0.05, 0.1) is 11.6 Å². The van der Waals surface area contributed by atoms with E-state index in [0.29, 0.717) is 6.10 Å². The summed E-state index contributed by atoms with van der Waals surface area (Å²) in [6, 6.07) is 1.99. The van der Waals surface area contributed by atoms with E-state index in [1.54, 1.807) is 0 Å². The Morgan fingerprint density at radius 1 is 1.45 bits per heavy atom. The summed E-state index contributed by atoms with van der Waals surface area (Å²) in [4.78, 5) is 14.5. The SMILES string of the molecule is Cc1nc(N(C)CCCC2CCCO2)c2[nH]ccc2n1. The molecule has 1 aliphatic heterocycles. The van der Waals surface area contributed by atoms with Crippen molar-refractivity contribution in [2.45, 2.75) is 38.7 Å². The average Bonchev–Trinajstić information content (AvgIpc) is 3.08. The molecule has 2 aromatic rings. The van der Waals surface area contributed by atoms with Crippen LogP contribution in [0.4, 0.5) is 5.82 Å². The molecular formula is C15H22N4O. The summed E-state index contributed by atoms with van der Waals surface area (Å²) in [6.45, 7) is 3.87. The Labute approximate surface area is 119 Å². The van der Waals surface area contributed by atoms with Crippen LogP contribution >= 0.6 is 0 Å². The van der Waals surface area contributed by atoms with Crippen LogP contribution in [0.15, 0.2) is 12.3 Å². The van der Waals surface area contributed by atoms with Crippen molar-refractivity contribution in [3.05, 3.63) is 18.1 Å². The topological polar surface area (TPSA) is 54.0 Å². The van der Waals surface area contributed by atoms with Crippen LogP contribution in [0.3, 0.4) is 0 Å². The van der Waals surface area contributed by atoms with Gasteiger partial charge in [0.15, 0.2) is 5.82 Å². The fraction of sp³-hybridized carbons (Fsp3) is 0.600. The van der Waals surface area contributed by atoms with Gasteiger partial charge in [0.25, 0.3) is 0 Å². The molecule has 5 nitrogen and oxygen atoms in total. The molecule has 0 amide bonds. The normalized spacial score (nSPS) is 18.8. The van der Waals surface area contributed by atoms with Gasteiger partial charge in [0, 0.05) is 26.4 Å². The first-order valence-electron chi connectivity index (χ1n) is 7.38. The van der Waals surface area contributed by atoms with Crippen LogP contribution in [-0.2, 0) is 4.74 Å². The summed E-state index contributed by atoms with van der Waals surface area (Å²) in [5, 5.41) is 0. The van der Waals surface area contributed by atoms with Crippen molar-refractivity contribution in [3.63, 3.8) is 0 Å². The Morgan fingerprint density at radius 3 is 3.15 bits per heavy atom. The Morgan fingerprint density at radius 2 is 2.35 bits per heavy atom. The number of fused-ring (bicyclic) bond motifs is 1. The highest BCUT2D eigenvalue weighted by molar-refractivity contribution is 5.86. The van der Waals surface area contributed by atoms with Gasteiger partial charge in [-0.15, -0.1) is 0 Å². The fourth-order valence-corrected chi connectivity index (χ4v) is 2.85. The van der Waals surface area contributed by atoms with Crippen LogP contribution in [0.1, 0.15) is 31.5 Å². The molecule has 0 bridgehead atoms. The molecule has 1 saturated heterocycles. The number of aromatic amines is 1. The van der Waals surface area contributed by atoms with Crippen LogP contribution in [0.5, 0.6) is 0 Å². The highest BCUT2D eigenvalue weighted by atomic mass is 16.5. The van der Waals surface area contributed by atoms with E-state index >= 15 is 0 Å². The number of ether oxygens (including phenoxy) is 1. The number of nitrogens with zero attached hydrogens (tertiary/aromatic N) is 3. The largest absolute Gasteiger partial charge is 0.378 e. The van der Waals surface area contributed by atoms with Gasteiger partial charge in [-0.3, -0.25) is 0 Å². The number of hydrogen-bond acceptors (Lipinski definition) is 4. The first-order chi connectivity index (χ1) is 9.74. The first kappa shape index (κ1) is 13.4. The van der Waals surface area contributed by atoms with Crippen molar-refractivity contribution in [1.82, 2.24) is 15.0 Å². The van der Waals surface area contributed by atoms with Gasteiger partial charge in [0.2, 0.25) is 0 Å². The molecule has 108 valence electrons. The highest BCUT2D eigenvalue weighted by Gasteiger charge is 2.16. The van der Waals surface area contributed by atoms with Gasteiger partial charge < -0.3 is 14.6 Å². The number of aromatic nitrogens is 3. The number of hydrogen-bond donors (Lipinski definition) is 1. The summed E-state index contributed by atoms with van der Waals surface area (Å²) < 4.78 is 5.67. The first-order valence-corrected chi connectivity index (χ1v) is 7.38. The van der Waals surface area contributed by atoms with Crippen molar-refractivity contribution in [3.8, 4) is 0 Å². The summed E-state index contributed by atoms with van der Waals surface area (Å²) in [6.07, 6.45) is 7.10. The number of H-pyrrole nitrogens is 1. The van der Waals surface area contributed by atoms with Crippen molar-refractivity contribution in [2.24, 2.45) is 0 Å². The Kier molecular flexibility index (Phi) is 3.87. The molecule has 3 rings (SSSR count). The molecule has 0 radical (unpaired) electrons. The van der Waals surface area contributed by atoms with Crippen LogP contribution in [0.25, 0.3) is 11.0 Å². The standard InChI is InChI=1S/C15H22N4O/c1-11-17-13-7-8-16-14(13)15(18-11)19(2)9-3-5-12-6-4-10-20-12/h7-8,12,16H,3-6,9-10H2,1-2H3. The summed E-state index contributed by atoms with van der Waals surface area (Å²) in [5.74, 6) is 1.81. The van der Waals surface area contributed by atoms with Crippen LogP contribution in [0.2, 0.25) is 0 Å². The number of nitrogens with one attached hydrogen (secondary N) is 1. The van der Waals surface area contributed by atoms with Crippen molar-refractivity contribution in [2.75, 3.05) is 25.1 Å². The molecule has 1 aliphatic rings. The van der Waals surface area contributed by atoms with Crippen molar-refractivity contribution in [1.29, 1.82) is 0 Å². The average molecular weight is 274 g/mol. The Hall–Kier alpha value is -1.62. The van der Waals surface area contributed by atoms with Crippen LogP contribution in [0, 0.1) is 6.92 Å². The zero-order valence-electron chi connectivity index (χ0n) is 12.2. The molecule has 5 heteroatoms. The predicted molar refractivity (Wildman–Crippen MR) is 80.1 cm³/mol. The minimum atomic E-state index is 0.473. The molecule has 1 atom stereocenters. The lowest BCUT2D eigenvalue weighted by atomic mass is 10.1. The smallest absolute Gasteiger partial charge is 0.156 e. The van der Waals surface area contributed by atoms with Gasteiger partial charge in [0.1, 0.15) is 11.3 Å². The third kappa shape index (κ3) is 2.77. The minimum absolute atomic E-state index is 0.473. The van der Waals surface area contributed by atoms with Crippen LogP contribution < -0.4 is 4.90 Å². The predicted octanol–water partition coefficient (Wildman–Crippen LogP) is 2.66.